The molecule has 0 amide bonds. The Labute approximate surface area is 97.0 Å². The Morgan fingerprint density at radius 3 is 2.38 bits per heavy atom. The SMILES string of the molecule is CN(CC1CCCN1)S(=O)(=O)CS(C)(=O)=O. The van der Waals surface area contributed by atoms with Crippen molar-refractivity contribution in [3.63, 3.8) is 0 Å². The van der Waals surface area contributed by atoms with Gasteiger partial charge in [0.2, 0.25) is 10.0 Å². The van der Waals surface area contributed by atoms with Crippen LogP contribution in [0.25, 0.3) is 0 Å². The molecule has 96 valence electrons. The summed E-state index contributed by atoms with van der Waals surface area (Å²) < 4.78 is 46.4. The van der Waals surface area contributed by atoms with Gasteiger partial charge < -0.3 is 5.32 Å². The highest BCUT2D eigenvalue weighted by Crippen LogP contribution is 2.09. The summed E-state index contributed by atoms with van der Waals surface area (Å²) in [5.74, 6) is 0. The molecule has 16 heavy (non-hydrogen) atoms. The lowest BCUT2D eigenvalue weighted by Crippen LogP contribution is -2.40. The lowest BCUT2D eigenvalue weighted by Gasteiger charge is -2.20. The van der Waals surface area contributed by atoms with Crippen LogP contribution < -0.4 is 5.32 Å². The van der Waals surface area contributed by atoms with Crippen molar-refractivity contribution in [2.24, 2.45) is 0 Å². The minimum atomic E-state index is -3.70. The molecule has 0 aliphatic carbocycles. The molecule has 1 saturated heterocycles. The van der Waals surface area contributed by atoms with Crippen molar-refractivity contribution in [1.82, 2.24) is 9.62 Å². The third-order valence-corrected chi connectivity index (χ3v) is 6.48. The van der Waals surface area contributed by atoms with Gasteiger partial charge in [0.25, 0.3) is 0 Å². The fraction of sp³-hybridized carbons (Fsp3) is 1.00. The van der Waals surface area contributed by atoms with Gasteiger partial charge in [-0.05, 0) is 19.4 Å². The second-order valence-corrected chi connectivity index (χ2v) is 8.81. The Bertz CT molecular complexity index is 423. The van der Waals surface area contributed by atoms with Crippen LogP contribution in [-0.2, 0) is 19.9 Å². The van der Waals surface area contributed by atoms with Gasteiger partial charge in [0.15, 0.2) is 14.9 Å². The van der Waals surface area contributed by atoms with Gasteiger partial charge in [-0.15, -0.1) is 0 Å². The summed E-state index contributed by atoms with van der Waals surface area (Å²) in [5.41, 5.74) is 0. The predicted octanol–water partition coefficient (Wildman–Crippen LogP) is -0.998. The fourth-order valence-electron chi connectivity index (χ4n) is 1.70. The van der Waals surface area contributed by atoms with Crippen LogP contribution in [0.5, 0.6) is 0 Å². The van der Waals surface area contributed by atoms with Crippen LogP contribution in [0.15, 0.2) is 0 Å². The van der Waals surface area contributed by atoms with E-state index in [1.54, 1.807) is 0 Å². The number of likely N-dealkylation sites (N-methyl/N-ethyl adjacent to an activating group) is 1. The van der Waals surface area contributed by atoms with Crippen molar-refractivity contribution in [3.8, 4) is 0 Å². The highest BCUT2D eigenvalue weighted by atomic mass is 32.3. The van der Waals surface area contributed by atoms with E-state index < -0.39 is 24.9 Å². The quantitative estimate of drug-likeness (QED) is 0.693. The molecule has 1 aliphatic rings. The first kappa shape index (κ1) is 13.9. The van der Waals surface area contributed by atoms with Crippen LogP contribution in [0.2, 0.25) is 0 Å². The lowest BCUT2D eigenvalue weighted by atomic mass is 10.2. The topological polar surface area (TPSA) is 83.6 Å². The second kappa shape index (κ2) is 4.99. The molecular weight excluding hydrogens is 252 g/mol. The number of sulfonamides is 1. The van der Waals surface area contributed by atoms with E-state index in [0.29, 0.717) is 6.54 Å². The summed E-state index contributed by atoms with van der Waals surface area (Å²) in [5, 5.41) is 2.35. The zero-order chi connectivity index (χ0) is 12.4. The smallest absolute Gasteiger partial charge is 0.228 e. The van der Waals surface area contributed by atoms with Crippen molar-refractivity contribution in [1.29, 1.82) is 0 Å². The molecule has 1 heterocycles. The molecular formula is C8H18N2O4S2. The Hall–Kier alpha value is -0.180. The van der Waals surface area contributed by atoms with E-state index in [1.807, 2.05) is 0 Å². The van der Waals surface area contributed by atoms with Gasteiger partial charge in [-0.25, -0.2) is 21.1 Å². The number of hydrogen-bond acceptors (Lipinski definition) is 5. The molecule has 0 aromatic heterocycles. The summed E-state index contributed by atoms with van der Waals surface area (Å²) in [7, 11) is -5.79. The molecule has 1 N–H and O–H groups in total. The van der Waals surface area contributed by atoms with E-state index in [0.717, 1.165) is 29.9 Å². The minimum absolute atomic E-state index is 0.138. The monoisotopic (exact) mass is 270 g/mol. The standard InChI is InChI=1S/C8H18N2O4S2/c1-10(6-8-4-3-5-9-8)16(13,14)7-15(2,11)12/h8-9H,3-7H2,1-2H3. The van der Waals surface area contributed by atoms with Crippen molar-refractivity contribution in [2.75, 3.05) is 31.5 Å². The van der Waals surface area contributed by atoms with Gasteiger partial charge in [-0.1, -0.05) is 0 Å². The summed E-state index contributed by atoms with van der Waals surface area (Å²) in [4.78, 5) is 0. The summed E-state index contributed by atoms with van der Waals surface area (Å²) in [6, 6.07) is 0.138. The van der Waals surface area contributed by atoms with E-state index in [1.165, 1.54) is 7.05 Å². The first-order valence-corrected chi connectivity index (χ1v) is 8.73. The number of nitrogens with zero attached hydrogens (tertiary/aromatic N) is 1. The fourth-order valence-corrected chi connectivity index (χ4v) is 4.99. The molecule has 1 atom stereocenters. The molecule has 1 aliphatic heterocycles. The molecule has 1 rings (SSSR count). The first-order valence-electron chi connectivity index (χ1n) is 5.06. The van der Waals surface area contributed by atoms with E-state index in [9.17, 15) is 16.8 Å². The van der Waals surface area contributed by atoms with Crippen LogP contribution in [-0.4, -0.2) is 58.7 Å². The molecule has 0 spiro atoms. The molecule has 0 saturated carbocycles. The average Bonchev–Trinajstić information content (AvgIpc) is 2.51. The Morgan fingerprint density at radius 2 is 1.94 bits per heavy atom. The molecule has 0 radical (unpaired) electrons. The third-order valence-electron chi connectivity index (χ3n) is 2.48. The predicted molar refractivity (Wildman–Crippen MR) is 62.3 cm³/mol. The first-order chi connectivity index (χ1) is 7.21. The van der Waals surface area contributed by atoms with Crippen molar-refractivity contribution >= 4 is 19.9 Å². The molecule has 1 unspecified atom stereocenters. The summed E-state index contributed by atoms with van der Waals surface area (Å²) in [6.07, 6.45) is 2.88. The maximum atomic E-state index is 11.7. The van der Waals surface area contributed by atoms with Crippen molar-refractivity contribution in [2.45, 2.75) is 18.9 Å². The van der Waals surface area contributed by atoms with E-state index in [4.69, 9.17) is 0 Å². The van der Waals surface area contributed by atoms with Crippen molar-refractivity contribution < 1.29 is 16.8 Å². The maximum Gasteiger partial charge on any atom is 0.228 e. The Kier molecular flexibility index (Phi) is 4.33. The number of hydrogen-bond donors (Lipinski definition) is 1. The maximum absolute atomic E-state index is 11.7. The van der Waals surface area contributed by atoms with Crippen LogP contribution in [0.3, 0.4) is 0 Å². The molecule has 8 heteroatoms. The Balaban J connectivity index is 2.61. The van der Waals surface area contributed by atoms with Crippen molar-refractivity contribution in [3.05, 3.63) is 0 Å². The molecule has 0 aromatic carbocycles. The van der Waals surface area contributed by atoms with Crippen LogP contribution in [0, 0.1) is 0 Å². The zero-order valence-electron chi connectivity index (χ0n) is 9.51. The van der Waals surface area contributed by atoms with Gasteiger partial charge in [0, 0.05) is 25.9 Å². The van der Waals surface area contributed by atoms with E-state index in [-0.39, 0.29) is 6.04 Å². The Morgan fingerprint density at radius 1 is 1.31 bits per heavy atom. The number of sulfone groups is 1. The summed E-state index contributed by atoms with van der Waals surface area (Å²) in [6.45, 7) is 1.22. The van der Waals surface area contributed by atoms with E-state index >= 15 is 0 Å². The van der Waals surface area contributed by atoms with Gasteiger partial charge in [0.05, 0.1) is 0 Å². The normalized spacial score (nSPS) is 22.8. The van der Waals surface area contributed by atoms with Gasteiger partial charge in [-0.2, -0.15) is 0 Å². The van der Waals surface area contributed by atoms with Gasteiger partial charge in [-0.3, -0.25) is 0 Å². The number of nitrogens with one attached hydrogen (secondary N) is 1. The van der Waals surface area contributed by atoms with Crippen LogP contribution >= 0.6 is 0 Å². The highest BCUT2D eigenvalue weighted by molar-refractivity contribution is 8.06. The van der Waals surface area contributed by atoms with Crippen LogP contribution in [0.1, 0.15) is 12.8 Å². The zero-order valence-corrected chi connectivity index (χ0v) is 11.1. The second-order valence-electron chi connectivity index (χ2n) is 4.23. The molecule has 0 bridgehead atoms. The molecule has 1 fully saturated rings. The summed E-state index contributed by atoms with van der Waals surface area (Å²) >= 11 is 0. The van der Waals surface area contributed by atoms with Gasteiger partial charge >= 0.3 is 0 Å². The lowest BCUT2D eigenvalue weighted by molar-refractivity contribution is 0.419. The average molecular weight is 270 g/mol. The molecule has 0 aromatic rings. The highest BCUT2D eigenvalue weighted by Gasteiger charge is 2.26. The van der Waals surface area contributed by atoms with Crippen LogP contribution in [0.4, 0.5) is 0 Å². The minimum Gasteiger partial charge on any atom is -0.313 e. The van der Waals surface area contributed by atoms with Gasteiger partial charge in [0.1, 0.15) is 0 Å². The van der Waals surface area contributed by atoms with E-state index in [2.05, 4.69) is 5.32 Å². The largest absolute Gasteiger partial charge is 0.313 e. The third kappa shape index (κ3) is 4.36. The molecule has 6 nitrogen and oxygen atoms in total. The number of rotatable bonds is 5.